The topological polar surface area (TPSA) is 84.2 Å². The van der Waals surface area contributed by atoms with Crippen LogP contribution in [0.3, 0.4) is 0 Å². The Hall–Kier alpha value is -1.10. The van der Waals surface area contributed by atoms with Crippen LogP contribution in [-0.4, -0.2) is 18.4 Å². The van der Waals surface area contributed by atoms with Crippen molar-refractivity contribution in [1.29, 1.82) is 0 Å². The second-order valence-corrected chi connectivity index (χ2v) is 2.85. The predicted molar refractivity (Wildman–Crippen MR) is 42.7 cm³/mol. The lowest BCUT2D eigenvalue weighted by atomic mass is 10.4. The van der Waals surface area contributed by atoms with Crippen LogP contribution in [0, 0.1) is 5.92 Å². The third-order valence-corrected chi connectivity index (χ3v) is 1.64. The third kappa shape index (κ3) is 2.87. The Morgan fingerprint density at radius 1 is 1.33 bits per heavy atom. The fourth-order valence-corrected chi connectivity index (χ4v) is 0.772. The lowest BCUT2D eigenvalue weighted by Gasteiger charge is -2.04. The molecule has 1 aliphatic carbocycles. The minimum atomic E-state index is -0.244. The molecule has 0 radical (unpaired) electrons. The van der Waals surface area contributed by atoms with E-state index in [2.05, 4.69) is 10.9 Å². The van der Waals surface area contributed by atoms with Crippen molar-refractivity contribution in [3.05, 3.63) is 0 Å². The molecule has 1 saturated carbocycles. The maximum atomic E-state index is 11.0. The molecular weight excluding hydrogens is 158 g/mol. The first kappa shape index (κ1) is 8.99. The SMILES string of the molecule is NCCC(=O)NNC(=O)C1CC1. The first-order chi connectivity index (χ1) is 5.74. The summed E-state index contributed by atoms with van der Waals surface area (Å²) in [5.74, 6) is -0.227. The third-order valence-electron chi connectivity index (χ3n) is 1.64. The Morgan fingerprint density at radius 3 is 2.50 bits per heavy atom. The largest absolute Gasteiger partial charge is 0.330 e. The zero-order chi connectivity index (χ0) is 8.97. The molecule has 0 aromatic carbocycles. The fourth-order valence-electron chi connectivity index (χ4n) is 0.772. The van der Waals surface area contributed by atoms with Gasteiger partial charge in [-0.25, -0.2) is 0 Å². The van der Waals surface area contributed by atoms with Crippen LogP contribution in [0.1, 0.15) is 19.3 Å². The molecule has 68 valence electrons. The van der Waals surface area contributed by atoms with Crippen molar-refractivity contribution in [2.24, 2.45) is 11.7 Å². The molecule has 0 aromatic rings. The predicted octanol–water partition coefficient (Wildman–Crippen LogP) is -1.11. The van der Waals surface area contributed by atoms with Crippen LogP contribution in [0.5, 0.6) is 0 Å². The van der Waals surface area contributed by atoms with Crippen LogP contribution in [0.2, 0.25) is 0 Å². The Balaban J connectivity index is 2.07. The van der Waals surface area contributed by atoms with E-state index in [9.17, 15) is 9.59 Å². The van der Waals surface area contributed by atoms with Gasteiger partial charge in [-0.15, -0.1) is 0 Å². The first-order valence-electron chi connectivity index (χ1n) is 4.03. The van der Waals surface area contributed by atoms with E-state index in [0.717, 1.165) is 12.8 Å². The van der Waals surface area contributed by atoms with Crippen molar-refractivity contribution in [2.45, 2.75) is 19.3 Å². The highest BCUT2D eigenvalue weighted by molar-refractivity contribution is 5.84. The van der Waals surface area contributed by atoms with Gasteiger partial charge in [0.1, 0.15) is 0 Å². The van der Waals surface area contributed by atoms with Gasteiger partial charge in [-0.3, -0.25) is 20.4 Å². The van der Waals surface area contributed by atoms with Crippen LogP contribution in [0.15, 0.2) is 0 Å². The number of carbonyl (C=O) groups excluding carboxylic acids is 2. The van der Waals surface area contributed by atoms with Gasteiger partial charge in [0.2, 0.25) is 11.8 Å². The zero-order valence-electron chi connectivity index (χ0n) is 6.80. The van der Waals surface area contributed by atoms with Crippen molar-refractivity contribution in [3.8, 4) is 0 Å². The van der Waals surface area contributed by atoms with Gasteiger partial charge < -0.3 is 5.73 Å². The molecule has 5 nitrogen and oxygen atoms in total. The van der Waals surface area contributed by atoms with Crippen LogP contribution in [0.25, 0.3) is 0 Å². The lowest BCUT2D eigenvalue weighted by molar-refractivity contribution is -0.129. The van der Waals surface area contributed by atoms with Crippen molar-refractivity contribution in [1.82, 2.24) is 10.9 Å². The number of hydrazine groups is 1. The Kier molecular flexibility index (Phi) is 3.04. The van der Waals surface area contributed by atoms with E-state index in [1.54, 1.807) is 0 Å². The minimum absolute atomic E-state index is 0.0969. The molecule has 4 N–H and O–H groups in total. The number of rotatable bonds is 3. The van der Waals surface area contributed by atoms with Crippen molar-refractivity contribution < 1.29 is 9.59 Å². The lowest BCUT2D eigenvalue weighted by Crippen LogP contribution is -2.42. The average Bonchev–Trinajstić information content (AvgIpc) is 2.83. The van der Waals surface area contributed by atoms with Crippen LogP contribution in [-0.2, 0) is 9.59 Å². The summed E-state index contributed by atoms with van der Waals surface area (Å²) in [4.78, 5) is 21.7. The number of amides is 2. The molecule has 0 aromatic heterocycles. The molecular formula is C7H13N3O2. The van der Waals surface area contributed by atoms with Crippen LogP contribution in [0.4, 0.5) is 0 Å². The summed E-state index contributed by atoms with van der Waals surface area (Å²) in [6.07, 6.45) is 2.10. The number of hydrogen-bond donors (Lipinski definition) is 3. The van der Waals surface area contributed by atoms with E-state index in [4.69, 9.17) is 5.73 Å². The molecule has 1 aliphatic rings. The zero-order valence-corrected chi connectivity index (χ0v) is 6.80. The first-order valence-corrected chi connectivity index (χ1v) is 4.03. The quantitative estimate of drug-likeness (QED) is 0.471. The maximum Gasteiger partial charge on any atom is 0.241 e. The van der Waals surface area contributed by atoms with Gasteiger partial charge in [0, 0.05) is 18.9 Å². The molecule has 1 rings (SSSR count). The standard InChI is InChI=1S/C7H13N3O2/c8-4-3-6(11)9-10-7(12)5-1-2-5/h5H,1-4,8H2,(H,9,11)(H,10,12). The average molecular weight is 171 g/mol. The minimum Gasteiger partial charge on any atom is -0.330 e. The maximum absolute atomic E-state index is 11.0. The van der Waals surface area contributed by atoms with Crippen LogP contribution >= 0.6 is 0 Å². The Bertz CT molecular complexity index is 189. The molecule has 1 fully saturated rings. The molecule has 0 saturated heterocycles. The molecule has 0 atom stereocenters. The molecule has 0 aliphatic heterocycles. The van der Waals surface area contributed by atoms with Gasteiger partial charge >= 0.3 is 0 Å². The van der Waals surface area contributed by atoms with Gasteiger partial charge in [0.05, 0.1) is 0 Å². The van der Waals surface area contributed by atoms with Crippen molar-refractivity contribution >= 4 is 11.8 Å². The van der Waals surface area contributed by atoms with Crippen molar-refractivity contribution in [3.63, 3.8) is 0 Å². The summed E-state index contributed by atoms with van der Waals surface area (Å²) >= 11 is 0. The van der Waals surface area contributed by atoms with Gasteiger partial charge in [-0.1, -0.05) is 0 Å². The molecule has 2 amide bonds. The highest BCUT2D eigenvalue weighted by Gasteiger charge is 2.29. The van der Waals surface area contributed by atoms with Crippen LogP contribution < -0.4 is 16.6 Å². The summed E-state index contributed by atoms with van der Waals surface area (Å²) in [6, 6.07) is 0. The second-order valence-electron chi connectivity index (χ2n) is 2.85. The molecule has 0 heterocycles. The summed E-state index contributed by atoms with van der Waals surface area (Å²) in [6.45, 7) is 0.297. The summed E-state index contributed by atoms with van der Waals surface area (Å²) in [5.41, 5.74) is 9.76. The monoisotopic (exact) mass is 171 g/mol. The van der Waals surface area contributed by atoms with Gasteiger partial charge in [-0.05, 0) is 12.8 Å². The highest BCUT2D eigenvalue weighted by atomic mass is 16.2. The second kappa shape index (κ2) is 4.06. The summed E-state index contributed by atoms with van der Waals surface area (Å²) in [7, 11) is 0. The van der Waals surface area contributed by atoms with Gasteiger partial charge in [0.15, 0.2) is 0 Å². The molecule has 0 unspecified atom stereocenters. The fraction of sp³-hybridized carbons (Fsp3) is 0.714. The molecule has 5 heteroatoms. The van der Waals surface area contributed by atoms with Gasteiger partial charge in [-0.2, -0.15) is 0 Å². The Labute approximate surface area is 70.7 Å². The molecule has 0 spiro atoms. The molecule has 12 heavy (non-hydrogen) atoms. The normalized spacial score (nSPS) is 15.4. The number of nitrogens with two attached hydrogens (primary N) is 1. The van der Waals surface area contributed by atoms with E-state index in [1.165, 1.54) is 0 Å². The number of nitrogens with one attached hydrogen (secondary N) is 2. The van der Waals surface area contributed by atoms with Crippen molar-refractivity contribution in [2.75, 3.05) is 6.54 Å². The Morgan fingerprint density at radius 2 is 2.00 bits per heavy atom. The van der Waals surface area contributed by atoms with E-state index >= 15 is 0 Å². The van der Waals surface area contributed by atoms with E-state index in [0.29, 0.717) is 6.54 Å². The molecule has 0 bridgehead atoms. The van der Waals surface area contributed by atoms with E-state index < -0.39 is 0 Å². The summed E-state index contributed by atoms with van der Waals surface area (Å²) < 4.78 is 0. The highest BCUT2D eigenvalue weighted by Crippen LogP contribution is 2.28. The summed E-state index contributed by atoms with van der Waals surface area (Å²) in [5, 5.41) is 0. The smallest absolute Gasteiger partial charge is 0.241 e. The number of hydrogen-bond acceptors (Lipinski definition) is 3. The number of carbonyl (C=O) groups is 2. The van der Waals surface area contributed by atoms with E-state index in [1.807, 2.05) is 0 Å². The van der Waals surface area contributed by atoms with Gasteiger partial charge in [0.25, 0.3) is 0 Å². The van der Waals surface area contributed by atoms with E-state index in [-0.39, 0.29) is 24.2 Å².